The molecule has 7 heteroatoms. The van der Waals surface area contributed by atoms with Gasteiger partial charge in [0.15, 0.2) is 0 Å². The quantitative estimate of drug-likeness (QED) is 0.689. The van der Waals surface area contributed by atoms with E-state index in [9.17, 15) is 4.79 Å². The molecule has 0 aliphatic carbocycles. The number of amides is 1. The second-order valence-electron chi connectivity index (χ2n) is 4.48. The van der Waals surface area contributed by atoms with Gasteiger partial charge in [-0.3, -0.25) is 4.79 Å². The van der Waals surface area contributed by atoms with Crippen LogP contribution in [0.2, 0.25) is 0 Å². The maximum Gasteiger partial charge on any atom is 0.275 e. The summed E-state index contributed by atoms with van der Waals surface area (Å²) >= 11 is 6.43. The van der Waals surface area contributed by atoms with Crippen LogP contribution in [0.15, 0.2) is 45.6 Å². The molecular weight excluding hydrogens is 384 g/mol. The molecule has 0 aliphatic heterocycles. The van der Waals surface area contributed by atoms with Crippen molar-refractivity contribution in [2.45, 2.75) is 6.61 Å². The number of aromatic nitrogens is 1. The maximum atomic E-state index is 12.2. The van der Waals surface area contributed by atoms with Crippen LogP contribution in [-0.2, 0) is 6.61 Å². The molecule has 2 aromatic heterocycles. The van der Waals surface area contributed by atoms with Crippen LogP contribution < -0.4 is 5.32 Å². The van der Waals surface area contributed by atoms with Crippen molar-refractivity contribution in [3.05, 3.63) is 56.8 Å². The van der Waals surface area contributed by atoms with Crippen LogP contribution in [0.3, 0.4) is 0 Å². The number of carbonyl (C=O) groups excluding carboxylic acids is 1. The van der Waals surface area contributed by atoms with Gasteiger partial charge in [-0.2, -0.15) is 0 Å². The Hall–Kier alpha value is -1.54. The number of hydrogen-bond acceptors (Lipinski definition) is 5. The number of nitrogens with zero attached hydrogens (tertiary/aromatic N) is 1. The minimum absolute atomic E-state index is 0.0577. The van der Waals surface area contributed by atoms with Gasteiger partial charge in [-0.1, -0.05) is 12.1 Å². The number of halogens is 1. The molecule has 3 aromatic rings. The number of hydrogen-bond donors (Lipinski definition) is 2. The van der Waals surface area contributed by atoms with Crippen molar-refractivity contribution in [1.82, 2.24) is 4.98 Å². The van der Waals surface area contributed by atoms with E-state index in [0.717, 1.165) is 19.9 Å². The summed E-state index contributed by atoms with van der Waals surface area (Å²) in [6, 6.07) is 9.08. The lowest BCUT2D eigenvalue weighted by molar-refractivity contribution is 0.102. The molecule has 4 nitrogen and oxygen atoms in total. The van der Waals surface area contributed by atoms with E-state index in [4.69, 9.17) is 5.11 Å². The zero-order valence-corrected chi connectivity index (χ0v) is 14.5. The summed E-state index contributed by atoms with van der Waals surface area (Å²) in [4.78, 5) is 17.6. The summed E-state index contributed by atoms with van der Waals surface area (Å²) in [6.45, 7) is -0.0577. The SMILES string of the molecule is O=C(Nc1cccc(CO)c1)c1csc(-c2cc(Br)cs2)n1. The van der Waals surface area contributed by atoms with Crippen molar-refractivity contribution >= 4 is 50.2 Å². The number of thiophene rings is 1. The molecule has 3 rings (SSSR count). The Morgan fingerprint density at radius 1 is 1.27 bits per heavy atom. The van der Waals surface area contributed by atoms with Crippen LogP contribution in [0, 0.1) is 0 Å². The number of rotatable bonds is 4. The van der Waals surface area contributed by atoms with Crippen molar-refractivity contribution in [1.29, 1.82) is 0 Å². The molecule has 0 radical (unpaired) electrons. The molecule has 112 valence electrons. The second kappa shape index (κ2) is 6.70. The molecule has 1 aromatic carbocycles. The Balaban J connectivity index is 1.76. The van der Waals surface area contributed by atoms with E-state index in [0.29, 0.717) is 11.4 Å². The zero-order chi connectivity index (χ0) is 15.5. The van der Waals surface area contributed by atoms with Gasteiger partial charge in [-0.25, -0.2) is 4.98 Å². The molecule has 0 bridgehead atoms. The van der Waals surface area contributed by atoms with Crippen LogP contribution in [0.4, 0.5) is 5.69 Å². The summed E-state index contributed by atoms with van der Waals surface area (Å²) in [5.41, 5.74) is 1.78. The number of carbonyl (C=O) groups is 1. The molecular formula is C15H11BrN2O2S2. The summed E-state index contributed by atoms with van der Waals surface area (Å²) in [5, 5.41) is 16.5. The van der Waals surface area contributed by atoms with Crippen LogP contribution in [0.1, 0.15) is 16.1 Å². The summed E-state index contributed by atoms with van der Waals surface area (Å²) < 4.78 is 1.01. The molecule has 1 amide bonds. The highest BCUT2D eigenvalue weighted by Crippen LogP contribution is 2.32. The van der Waals surface area contributed by atoms with Gasteiger partial charge in [0.1, 0.15) is 10.7 Å². The van der Waals surface area contributed by atoms with Gasteiger partial charge < -0.3 is 10.4 Å². The van der Waals surface area contributed by atoms with E-state index < -0.39 is 0 Å². The highest BCUT2D eigenvalue weighted by molar-refractivity contribution is 9.10. The van der Waals surface area contributed by atoms with Crippen LogP contribution in [0.25, 0.3) is 9.88 Å². The molecule has 0 aliphatic rings. The van der Waals surface area contributed by atoms with Gasteiger partial charge in [0.25, 0.3) is 5.91 Å². The Labute approximate surface area is 143 Å². The fraction of sp³-hybridized carbons (Fsp3) is 0.0667. The monoisotopic (exact) mass is 394 g/mol. The average Bonchev–Trinajstić information content (AvgIpc) is 3.16. The van der Waals surface area contributed by atoms with Crippen LogP contribution >= 0.6 is 38.6 Å². The van der Waals surface area contributed by atoms with E-state index in [1.54, 1.807) is 41.0 Å². The minimum atomic E-state index is -0.256. The summed E-state index contributed by atoms with van der Waals surface area (Å²) in [7, 11) is 0. The summed E-state index contributed by atoms with van der Waals surface area (Å²) in [6.07, 6.45) is 0. The van der Waals surface area contributed by atoms with Gasteiger partial charge in [0, 0.05) is 20.9 Å². The Bertz CT molecular complexity index is 813. The molecule has 2 N–H and O–H groups in total. The number of anilines is 1. The van der Waals surface area contributed by atoms with Crippen molar-refractivity contribution in [2.24, 2.45) is 0 Å². The lowest BCUT2D eigenvalue weighted by atomic mass is 10.2. The van der Waals surface area contributed by atoms with Gasteiger partial charge in [-0.15, -0.1) is 22.7 Å². The van der Waals surface area contributed by atoms with E-state index in [2.05, 4.69) is 26.2 Å². The van der Waals surface area contributed by atoms with E-state index in [1.165, 1.54) is 11.3 Å². The maximum absolute atomic E-state index is 12.2. The molecule has 0 atom stereocenters. The fourth-order valence-corrected chi connectivity index (χ4v) is 4.17. The van der Waals surface area contributed by atoms with Gasteiger partial charge in [-0.05, 0) is 39.7 Å². The number of nitrogens with one attached hydrogen (secondary N) is 1. The van der Waals surface area contributed by atoms with E-state index in [-0.39, 0.29) is 12.5 Å². The molecule has 2 heterocycles. The molecule has 22 heavy (non-hydrogen) atoms. The minimum Gasteiger partial charge on any atom is -0.392 e. The average molecular weight is 395 g/mol. The third kappa shape index (κ3) is 3.44. The number of thiazole rings is 1. The topological polar surface area (TPSA) is 62.2 Å². The summed E-state index contributed by atoms with van der Waals surface area (Å²) in [5.74, 6) is -0.256. The third-order valence-electron chi connectivity index (χ3n) is 2.88. The van der Waals surface area contributed by atoms with Crippen molar-refractivity contribution in [3.63, 3.8) is 0 Å². The fourth-order valence-electron chi connectivity index (χ4n) is 1.86. The highest BCUT2D eigenvalue weighted by atomic mass is 79.9. The lowest BCUT2D eigenvalue weighted by Gasteiger charge is -2.04. The largest absolute Gasteiger partial charge is 0.392 e. The first-order valence-corrected chi connectivity index (χ1v) is 8.92. The lowest BCUT2D eigenvalue weighted by Crippen LogP contribution is -2.12. The first kappa shape index (κ1) is 15.4. The predicted molar refractivity (Wildman–Crippen MR) is 93.4 cm³/mol. The van der Waals surface area contributed by atoms with Gasteiger partial charge in [0.05, 0.1) is 11.5 Å². The van der Waals surface area contributed by atoms with Gasteiger partial charge >= 0.3 is 0 Å². The zero-order valence-electron chi connectivity index (χ0n) is 11.2. The van der Waals surface area contributed by atoms with E-state index in [1.807, 2.05) is 11.4 Å². The molecule has 0 spiro atoms. The normalized spacial score (nSPS) is 10.6. The van der Waals surface area contributed by atoms with Crippen molar-refractivity contribution < 1.29 is 9.90 Å². The Morgan fingerprint density at radius 2 is 2.14 bits per heavy atom. The Morgan fingerprint density at radius 3 is 2.86 bits per heavy atom. The predicted octanol–water partition coefficient (Wildman–Crippen LogP) is 4.38. The Kier molecular flexibility index (Phi) is 4.68. The molecule has 0 fully saturated rings. The molecule has 0 saturated heterocycles. The van der Waals surface area contributed by atoms with E-state index >= 15 is 0 Å². The second-order valence-corrected chi connectivity index (χ2v) is 7.16. The third-order valence-corrected chi connectivity index (χ3v) is 5.59. The molecule has 0 saturated carbocycles. The van der Waals surface area contributed by atoms with Crippen molar-refractivity contribution in [2.75, 3.05) is 5.32 Å². The first-order chi connectivity index (χ1) is 10.7. The first-order valence-electron chi connectivity index (χ1n) is 6.37. The van der Waals surface area contributed by atoms with Crippen LogP contribution in [-0.4, -0.2) is 16.0 Å². The smallest absolute Gasteiger partial charge is 0.275 e. The van der Waals surface area contributed by atoms with Crippen LogP contribution in [0.5, 0.6) is 0 Å². The highest BCUT2D eigenvalue weighted by Gasteiger charge is 2.13. The van der Waals surface area contributed by atoms with Crippen molar-refractivity contribution in [3.8, 4) is 9.88 Å². The number of aliphatic hydroxyl groups excluding tert-OH is 1. The van der Waals surface area contributed by atoms with Gasteiger partial charge in [0.2, 0.25) is 0 Å². The number of aliphatic hydroxyl groups is 1. The molecule has 0 unspecified atom stereocenters. The number of benzene rings is 1. The standard InChI is InChI=1S/C15H11BrN2O2S2/c16-10-5-13(21-7-10)15-18-12(8-22-15)14(20)17-11-3-1-2-9(4-11)6-19/h1-5,7-8,19H,6H2,(H,17,20).